The molecular weight excluding hydrogens is 363 g/mol. The molecule has 2 aromatic heterocycles. The predicted molar refractivity (Wildman–Crippen MR) is 107 cm³/mol. The largest absolute Gasteiger partial charge is 0.439 e. The van der Waals surface area contributed by atoms with Gasteiger partial charge in [-0.2, -0.15) is 11.3 Å². The first-order valence-electron chi connectivity index (χ1n) is 8.64. The number of guanidine groups is 1. The fourth-order valence-corrected chi connectivity index (χ4v) is 2.98. The second-order valence-corrected chi connectivity index (χ2v) is 6.52. The van der Waals surface area contributed by atoms with E-state index < -0.39 is 0 Å². The van der Waals surface area contributed by atoms with Crippen LogP contribution in [-0.4, -0.2) is 17.5 Å². The van der Waals surface area contributed by atoms with E-state index in [2.05, 4.69) is 32.1 Å². The Labute approximate surface area is 162 Å². The van der Waals surface area contributed by atoms with E-state index in [1.54, 1.807) is 29.7 Å². The highest BCUT2D eigenvalue weighted by Gasteiger charge is 2.03. The van der Waals surface area contributed by atoms with E-state index in [1.807, 2.05) is 24.4 Å². The van der Waals surface area contributed by atoms with Crippen molar-refractivity contribution in [2.24, 2.45) is 4.99 Å². The molecule has 0 radical (unpaired) electrons. The second kappa shape index (κ2) is 9.68. The Balaban J connectivity index is 1.60. The Hall–Kier alpha value is -2.93. The number of hydrogen-bond donors (Lipinski definition) is 2. The zero-order valence-corrected chi connectivity index (χ0v) is 15.8. The Morgan fingerprint density at radius 2 is 2.00 bits per heavy atom. The van der Waals surface area contributed by atoms with Crippen molar-refractivity contribution in [1.29, 1.82) is 0 Å². The Bertz CT molecular complexity index is 866. The van der Waals surface area contributed by atoms with Crippen molar-refractivity contribution < 1.29 is 9.13 Å². The van der Waals surface area contributed by atoms with Gasteiger partial charge >= 0.3 is 0 Å². The van der Waals surface area contributed by atoms with Crippen molar-refractivity contribution in [3.05, 3.63) is 76.4 Å². The maximum absolute atomic E-state index is 13.0. The van der Waals surface area contributed by atoms with Gasteiger partial charge in [-0.1, -0.05) is 0 Å². The predicted octanol–water partition coefficient (Wildman–Crippen LogP) is 4.33. The summed E-state index contributed by atoms with van der Waals surface area (Å²) in [6, 6.07) is 11.7. The van der Waals surface area contributed by atoms with Crippen LogP contribution in [0.5, 0.6) is 11.6 Å². The summed E-state index contributed by atoms with van der Waals surface area (Å²) < 4.78 is 18.7. The minimum atomic E-state index is -0.300. The van der Waals surface area contributed by atoms with Crippen molar-refractivity contribution in [3.63, 3.8) is 0 Å². The van der Waals surface area contributed by atoms with E-state index >= 15 is 0 Å². The number of rotatable bonds is 7. The molecule has 0 aliphatic carbocycles. The van der Waals surface area contributed by atoms with E-state index in [0.717, 1.165) is 18.1 Å². The number of benzene rings is 1. The number of nitrogens with one attached hydrogen (secondary N) is 2. The first-order valence-corrected chi connectivity index (χ1v) is 9.59. The first-order chi connectivity index (χ1) is 13.2. The van der Waals surface area contributed by atoms with Gasteiger partial charge in [-0.15, -0.1) is 0 Å². The number of aromatic nitrogens is 1. The van der Waals surface area contributed by atoms with Crippen molar-refractivity contribution in [2.45, 2.75) is 20.0 Å². The van der Waals surface area contributed by atoms with E-state index in [4.69, 9.17) is 4.74 Å². The molecular formula is C20H21FN4OS. The molecule has 27 heavy (non-hydrogen) atoms. The van der Waals surface area contributed by atoms with Gasteiger partial charge in [0.2, 0.25) is 5.88 Å². The Kier molecular flexibility index (Phi) is 6.76. The van der Waals surface area contributed by atoms with Gasteiger partial charge in [0.05, 0.1) is 6.54 Å². The molecule has 0 spiro atoms. The van der Waals surface area contributed by atoms with E-state index in [0.29, 0.717) is 24.7 Å². The molecule has 3 rings (SSSR count). The van der Waals surface area contributed by atoms with Crippen LogP contribution in [0.4, 0.5) is 4.39 Å². The van der Waals surface area contributed by atoms with Crippen LogP contribution < -0.4 is 15.4 Å². The van der Waals surface area contributed by atoms with Gasteiger partial charge in [-0.3, -0.25) is 0 Å². The average Bonchev–Trinajstić information content (AvgIpc) is 3.20. The number of hydrogen-bond acceptors (Lipinski definition) is 4. The standard InChI is InChI=1S/C20H21FN4OS/c1-2-22-20(25-13-16-8-10-27-14-16)24-12-15-7-9-23-19(11-15)26-18-5-3-17(21)4-6-18/h3-11,14H,2,12-13H2,1H3,(H2,22,24,25). The number of thiophene rings is 1. The van der Waals surface area contributed by atoms with E-state index in [9.17, 15) is 4.39 Å². The molecule has 7 heteroatoms. The molecule has 140 valence electrons. The van der Waals surface area contributed by atoms with Crippen LogP contribution in [0.1, 0.15) is 18.1 Å². The summed E-state index contributed by atoms with van der Waals surface area (Å²) in [5.41, 5.74) is 2.19. The molecule has 0 atom stereocenters. The highest BCUT2D eigenvalue weighted by molar-refractivity contribution is 7.07. The van der Waals surface area contributed by atoms with Gasteiger partial charge < -0.3 is 15.4 Å². The van der Waals surface area contributed by atoms with Crippen LogP contribution in [0.2, 0.25) is 0 Å². The molecule has 2 N–H and O–H groups in total. The second-order valence-electron chi connectivity index (χ2n) is 5.74. The highest BCUT2D eigenvalue weighted by Crippen LogP contribution is 2.20. The fraction of sp³-hybridized carbons (Fsp3) is 0.200. The lowest BCUT2D eigenvalue weighted by molar-refractivity contribution is 0.460. The number of ether oxygens (including phenoxy) is 1. The minimum absolute atomic E-state index is 0.300. The van der Waals surface area contributed by atoms with Gasteiger partial charge in [0, 0.05) is 25.4 Å². The Morgan fingerprint density at radius 3 is 2.74 bits per heavy atom. The summed E-state index contributed by atoms with van der Waals surface area (Å²) in [6.45, 7) is 4.03. The maximum atomic E-state index is 13.0. The molecule has 0 saturated heterocycles. The maximum Gasteiger partial charge on any atom is 0.219 e. The molecule has 0 bridgehead atoms. The molecule has 2 heterocycles. The SMILES string of the molecule is CCNC(=NCc1ccsc1)NCc1ccnc(Oc2ccc(F)cc2)c1. The fourth-order valence-electron chi connectivity index (χ4n) is 2.32. The van der Waals surface area contributed by atoms with Gasteiger partial charge in [0.1, 0.15) is 11.6 Å². The third-order valence-corrected chi connectivity index (χ3v) is 4.37. The summed E-state index contributed by atoms with van der Waals surface area (Å²) in [6.07, 6.45) is 1.69. The molecule has 0 aliphatic heterocycles. The van der Waals surface area contributed by atoms with Gasteiger partial charge in [-0.05, 0) is 65.2 Å². The lowest BCUT2D eigenvalue weighted by Gasteiger charge is -2.12. The molecule has 0 fully saturated rings. The normalized spacial score (nSPS) is 11.3. The number of aliphatic imine (C=N–C) groups is 1. The van der Waals surface area contributed by atoms with Crippen molar-refractivity contribution in [2.75, 3.05) is 6.54 Å². The highest BCUT2D eigenvalue weighted by atomic mass is 32.1. The Morgan fingerprint density at radius 1 is 1.15 bits per heavy atom. The molecule has 0 saturated carbocycles. The molecule has 5 nitrogen and oxygen atoms in total. The van der Waals surface area contributed by atoms with Crippen molar-refractivity contribution >= 4 is 17.3 Å². The number of pyridine rings is 1. The molecule has 3 aromatic rings. The molecule has 0 unspecified atom stereocenters. The number of nitrogens with zero attached hydrogens (tertiary/aromatic N) is 2. The monoisotopic (exact) mass is 384 g/mol. The first kappa shape index (κ1) is 18.8. The van der Waals surface area contributed by atoms with E-state index in [1.165, 1.54) is 17.7 Å². The van der Waals surface area contributed by atoms with E-state index in [-0.39, 0.29) is 5.82 Å². The summed E-state index contributed by atoms with van der Waals surface area (Å²) in [5, 5.41) is 10.7. The topological polar surface area (TPSA) is 58.5 Å². The van der Waals surface area contributed by atoms with Gasteiger partial charge in [0.15, 0.2) is 5.96 Å². The lowest BCUT2D eigenvalue weighted by atomic mass is 10.2. The molecule has 0 amide bonds. The zero-order valence-electron chi connectivity index (χ0n) is 15.0. The summed E-state index contributed by atoms with van der Waals surface area (Å²) in [4.78, 5) is 8.79. The minimum Gasteiger partial charge on any atom is -0.439 e. The molecule has 1 aromatic carbocycles. The van der Waals surface area contributed by atoms with Crippen molar-refractivity contribution in [3.8, 4) is 11.6 Å². The summed E-state index contributed by atoms with van der Waals surface area (Å²) >= 11 is 1.67. The lowest BCUT2D eigenvalue weighted by Crippen LogP contribution is -2.36. The van der Waals surface area contributed by atoms with Crippen molar-refractivity contribution in [1.82, 2.24) is 15.6 Å². The zero-order chi connectivity index (χ0) is 18.9. The van der Waals surface area contributed by atoms with Crippen LogP contribution in [0, 0.1) is 5.82 Å². The van der Waals surface area contributed by atoms with Gasteiger partial charge in [-0.25, -0.2) is 14.4 Å². The van der Waals surface area contributed by atoms with Gasteiger partial charge in [0.25, 0.3) is 0 Å². The third kappa shape index (κ3) is 6.07. The van der Waals surface area contributed by atoms with Crippen LogP contribution in [0.3, 0.4) is 0 Å². The van der Waals surface area contributed by atoms with Crippen LogP contribution >= 0.6 is 11.3 Å². The molecule has 0 aliphatic rings. The average molecular weight is 384 g/mol. The number of halogens is 1. The van der Waals surface area contributed by atoms with Crippen LogP contribution in [0.25, 0.3) is 0 Å². The summed E-state index contributed by atoms with van der Waals surface area (Å²) in [7, 11) is 0. The summed E-state index contributed by atoms with van der Waals surface area (Å²) in [5.74, 6) is 1.45. The van der Waals surface area contributed by atoms with Crippen LogP contribution in [-0.2, 0) is 13.1 Å². The van der Waals surface area contributed by atoms with Crippen LogP contribution in [0.15, 0.2) is 64.4 Å². The smallest absolute Gasteiger partial charge is 0.219 e. The third-order valence-electron chi connectivity index (χ3n) is 3.64. The quantitative estimate of drug-likeness (QED) is 0.470.